The number of carbonyl (C=O) groups excluding carboxylic acids is 2. The molecule has 0 radical (unpaired) electrons. The summed E-state index contributed by atoms with van der Waals surface area (Å²) >= 11 is 1.60. The number of hydrogen-bond acceptors (Lipinski definition) is 5. The van der Waals surface area contributed by atoms with Crippen LogP contribution in [0.25, 0.3) is 0 Å². The molecule has 2 atom stereocenters. The van der Waals surface area contributed by atoms with Crippen LogP contribution in [0, 0.1) is 0 Å². The minimum absolute atomic E-state index is 0.0465. The summed E-state index contributed by atoms with van der Waals surface area (Å²) in [5, 5.41) is 10.1. The number of thioether (sulfide) groups is 1. The molecule has 1 N–H and O–H groups in total. The largest absolute Gasteiger partial charge is 0.390 e. The molecule has 0 aromatic heterocycles. The molecule has 0 saturated carbocycles. The average Bonchev–Trinajstić information content (AvgIpc) is 3.11. The van der Waals surface area contributed by atoms with Crippen molar-refractivity contribution in [3.63, 3.8) is 0 Å². The average molecular weight is 321 g/mol. The van der Waals surface area contributed by atoms with Gasteiger partial charge in [0, 0.05) is 18.1 Å². The highest BCUT2D eigenvalue weighted by Crippen LogP contribution is 2.23. The van der Waals surface area contributed by atoms with Crippen LogP contribution in [0.3, 0.4) is 0 Å². The van der Waals surface area contributed by atoms with E-state index in [2.05, 4.69) is 0 Å². The molecule has 0 bridgehead atoms. The first kappa shape index (κ1) is 15.5. The molecule has 5 nitrogen and oxygen atoms in total. The Morgan fingerprint density at radius 3 is 2.55 bits per heavy atom. The SMILES string of the molecule is O=C1c2ccccc2C(=O)N1C[C@H](O)CSC[C@@H]1CCCO1. The highest BCUT2D eigenvalue weighted by Gasteiger charge is 2.36. The molecule has 1 aromatic carbocycles. The van der Waals surface area contributed by atoms with Gasteiger partial charge in [0.05, 0.1) is 29.9 Å². The highest BCUT2D eigenvalue weighted by atomic mass is 32.2. The smallest absolute Gasteiger partial charge is 0.261 e. The zero-order chi connectivity index (χ0) is 15.5. The summed E-state index contributed by atoms with van der Waals surface area (Å²) in [7, 11) is 0. The molecule has 2 aliphatic rings. The maximum atomic E-state index is 12.2. The Balaban J connectivity index is 1.50. The van der Waals surface area contributed by atoms with Gasteiger partial charge in [0.2, 0.25) is 0 Å². The Kier molecular flexibility index (Phi) is 4.81. The summed E-state index contributed by atoms with van der Waals surface area (Å²) in [5.74, 6) is 0.708. The second-order valence-electron chi connectivity index (χ2n) is 5.59. The second kappa shape index (κ2) is 6.81. The van der Waals surface area contributed by atoms with Crippen LogP contribution >= 0.6 is 11.8 Å². The van der Waals surface area contributed by atoms with Gasteiger partial charge in [-0.25, -0.2) is 0 Å². The summed E-state index contributed by atoms with van der Waals surface area (Å²) in [6.45, 7) is 0.869. The molecule has 0 spiro atoms. The summed E-state index contributed by atoms with van der Waals surface area (Å²) < 4.78 is 5.52. The third kappa shape index (κ3) is 3.19. The molecule has 1 fully saturated rings. The fourth-order valence-electron chi connectivity index (χ4n) is 2.78. The maximum absolute atomic E-state index is 12.2. The molecule has 3 rings (SSSR count). The van der Waals surface area contributed by atoms with Gasteiger partial charge in [0.15, 0.2) is 0 Å². The number of amides is 2. The monoisotopic (exact) mass is 321 g/mol. The zero-order valence-corrected chi connectivity index (χ0v) is 13.1. The standard InChI is InChI=1S/C16H19NO4S/c18-11(9-22-10-12-4-3-7-21-12)8-17-15(19)13-5-1-2-6-14(13)16(17)20/h1-2,5-6,11-12,18H,3-4,7-10H2/t11-,12-/m0/s1. The first-order chi connectivity index (χ1) is 10.7. The number of hydrogen-bond donors (Lipinski definition) is 1. The van der Waals surface area contributed by atoms with Crippen molar-refractivity contribution in [1.29, 1.82) is 0 Å². The van der Waals surface area contributed by atoms with Gasteiger partial charge in [0.25, 0.3) is 11.8 Å². The predicted octanol–water partition coefficient (Wildman–Crippen LogP) is 1.56. The predicted molar refractivity (Wildman–Crippen MR) is 84.1 cm³/mol. The van der Waals surface area contributed by atoms with Crippen LogP contribution in [-0.4, -0.2) is 58.7 Å². The van der Waals surface area contributed by atoms with Crippen LogP contribution in [0.5, 0.6) is 0 Å². The van der Waals surface area contributed by atoms with Gasteiger partial charge in [-0.05, 0) is 25.0 Å². The van der Waals surface area contributed by atoms with Crippen molar-refractivity contribution in [3.05, 3.63) is 35.4 Å². The van der Waals surface area contributed by atoms with E-state index in [1.165, 1.54) is 0 Å². The number of fused-ring (bicyclic) bond motifs is 1. The summed E-state index contributed by atoms with van der Waals surface area (Å²) in [6, 6.07) is 6.77. The number of β-amino-alcohol motifs (C(OH)–C–C–N with tert-alkyl or cyclic N) is 1. The zero-order valence-electron chi connectivity index (χ0n) is 12.2. The number of nitrogens with zero attached hydrogens (tertiary/aromatic N) is 1. The molecule has 0 unspecified atom stereocenters. The molecule has 1 saturated heterocycles. The Morgan fingerprint density at radius 2 is 1.95 bits per heavy atom. The molecule has 118 valence electrons. The third-order valence-corrected chi connectivity index (χ3v) is 5.14. The number of ether oxygens (including phenoxy) is 1. The number of benzene rings is 1. The molecule has 2 aliphatic heterocycles. The first-order valence-corrected chi connectivity index (χ1v) is 8.65. The molecular formula is C16H19NO4S. The van der Waals surface area contributed by atoms with Crippen molar-refractivity contribution in [3.8, 4) is 0 Å². The quantitative estimate of drug-likeness (QED) is 0.805. The molecule has 1 aromatic rings. The topological polar surface area (TPSA) is 66.8 Å². The van der Waals surface area contributed by atoms with Gasteiger partial charge in [-0.1, -0.05) is 12.1 Å². The van der Waals surface area contributed by atoms with Crippen LogP contribution in [0.2, 0.25) is 0 Å². The lowest BCUT2D eigenvalue weighted by atomic mass is 10.1. The number of imide groups is 1. The minimum Gasteiger partial charge on any atom is -0.390 e. The molecule has 22 heavy (non-hydrogen) atoms. The van der Waals surface area contributed by atoms with Gasteiger partial charge in [-0.2, -0.15) is 11.8 Å². The first-order valence-electron chi connectivity index (χ1n) is 7.49. The summed E-state index contributed by atoms with van der Waals surface area (Å²) in [6.07, 6.45) is 1.73. The Labute approximate surface area is 133 Å². The van der Waals surface area contributed by atoms with E-state index in [1.54, 1.807) is 36.0 Å². The van der Waals surface area contributed by atoms with Gasteiger partial charge < -0.3 is 9.84 Å². The van der Waals surface area contributed by atoms with E-state index in [-0.39, 0.29) is 24.5 Å². The fourth-order valence-corrected chi connectivity index (χ4v) is 3.82. The van der Waals surface area contributed by atoms with E-state index in [9.17, 15) is 14.7 Å². The number of aliphatic hydroxyl groups excluding tert-OH is 1. The molecule has 2 amide bonds. The molecular weight excluding hydrogens is 302 g/mol. The van der Waals surface area contributed by atoms with E-state index >= 15 is 0 Å². The van der Waals surface area contributed by atoms with E-state index in [1.807, 2.05) is 0 Å². The van der Waals surface area contributed by atoms with Crippen molar-refractivity contribution in [2.45, 2.75) is 25.0 Å². The minimum atomic E-state index is -0.714. The van der Waals surface area contributed by atoms with Crippen molar-refractivity contribution < 1.29 is 19.4 Å². The second-order valence-corrected chi connectivity index (χ2v) is 6.67. The summed E-state index contributed by atoms with van der Waals surface area (Å²) in [5.41, 5.74) is 0.846. The van der Waals surface area contributed by atoms with Crippen molar-refractivity contribution in [2.24, 2.45) is 0 Å². The van der Waals surface area contributed by atoms with Crippen molar-refractivity contribution in [1.82, 2.24) is 4.90 Å². The Bertz CT molecular complexity index is 536. The summed E-state index contributed by atoms with van der Waals surface area (Å²) in [4.78, 5) is 25.5. The van der Waals surface area contributed by atoms with E-state index in [0.717, 1.165) is 30.1 Å². The normalized spacial score (nSPS) is 22.2. The van der Waals surface area contributed by atoms with Crippen LogP contribution in [0.1, 0.15) is 33.6 Å². The van der Waals surface area contributed by atoms with Gasteiger partial charge in [0.1, 0.15) is 0 Å². The Hall–Kier alpha value is -1.37. The van der Waals surface area contributed by atoms with Crippen molar-refractivity contribution in [2.75, 3.05) is 24.7 Å². The van der Waals surface area contributed by atoms with Gasteiger partial charge in [-0.15, -0.1) is 0 Å². The van der Waals surface area contributed by atoms with Crippen LogP contribution in [0.4, 0.5) is 0 Å². The van der Waals surface area contributed by atoms with E-state index in [4.69, 9.17) is 4.74 Å². The van der Waals surface area contributed by atoms with E-state index < -0.39 is 6.10 Å². The fraction of sp³-hybridized carbons (Fsp3) is 0.500. The third-order valence-electron chi connectivity index (χ3n) is 3.91. The number of carbonyl (C=O) groups is 2. The van der Waals surface area contributed by atoms with Crippen LogP contribution < -0.4 is 0 Å². The lowest BCUT2D eigenvalue weighted by Crippen LogP contribution is -2.38. The van der Waals surface area contributed by atoms with Crippen LogP contribution in [-0.2, 0) is 4.74 Å². The maximum Gasteiger partial charge on any atom is 0.261 e. The number of aliphatic hydroxyl groups is 1. The lowest BCUT2D eigenvalue weighted by Gasteiger charge is -2.18. The van der Waals surface area contributed by atoms with E-state index in [0.29, 0.717) is 16.9 Å². The molecule has 0 aliphatic carbocycles. The number of rotatable bonds is 6. The van der Waals surface area contributed by atoms with Gasteiger partial charge in [-0.3, -0.25) is 14.5 Å². The van der Waals surface area contributed by atoms with Crippen LogP contribution in [0.15, 0.2) is 24.3 Å². The highest BCUT2D eigenvalue weighted by molar-refractivity contribution is 7.99. The van der Waals surface area contributed by atoms with Crippen molar-refractivity contribution >= 4 is 23.6 Å². The Morgan fingerprint density at radius 1 is 1.27 bits per heavy atom. The molecule has 2 heterocycles. The van der Waals surface area contributed by atoms with Gasteiger partial charge >= 0.3 is 0 Å². The lowest BCUT2D eigenvalue weighted by molar-refractivity contribution is 0.0567. The molecule has 6 heteroatoms.